The summed E-state index contributed by atoms with van der Waals surface area (Å²) < 4.78 is 13.3. The van der Waals surface area contributed by atoms with Gasteiger partial charge in [0.25, 0.3) is 0 Å². The number of hydrogen-bond donors (Lipinski definition) is 0. The summed E-state index contributed by atoms with van der Waals surface area (Å²) in [5, 5.41) is 0.0296. The van der Waals surface area contributed by atoms with E-state index in [1.54, 1.807) is 17.0 Å². The molecule has 8 heteroatoms. The first-order chi connectivity index (χ1) is 17.0. The summed E-state index contributed by atoms with van der Waals surface area (Å²) in [5.41, 5.74) is 0.664. The number of piperazine rings is 1. The Morgan fingerprint density at radius 2 is 1.74 bits per heavy atom. The van der Waals surface area contributed by atoms with Crippen LogP contribution in [0.2, 0.25) is 5.02 Å². The molecular formula is C27H38ClFN4O2. The second-order valence-electron chi connectivity index (χ2n) is 9.99. The normalized spacial score (nSPS) is 21.3. The summed E-state index contributed by atoms with van der Waals surface area (Å²) in [4.78, 5) is 34.1. The van der Waals surface area contributed by atoms with Gasteiger partial charge in [0.2, 0.25) is 11.8 Å². The molecule has 0 N–H and O–H groups in total. The summed E-state index contributed by atoms with van der Waals surface area (Å²) >= 11 is 5.81. The van der Waals surface area contributed by atoms with Gasteiger partial charge in [-0.3, -0.25) is 14.5 Å². The first-order valence-electron chi connectivity index (χ1n) is 13.2. The molecule has 1 aromatic carbocycles. The van der Waals surface area contributed by atoms with Crippen molar-refractivity contribution in [3.63, 3.8) is 0 Å². The summed E-state index contributed by atoms with van der Waals surface area (Å²) in [6, 6.07) is 5.18. The molecule has 2 heterocycles. The van der Waals surface area contributed by atoms with Crippen LogP contribution >= 0.6 is 11.6 Å². The Bertz CT molecular complexity index is 897. The van der Waals surface area contributed by atoms with Crippen LogP contribution in [0.5, 0.6) is 0 Å². The van der Waals surface area contributed by atoms with Gasteiger partial charge in [0.15, 0.2) is 0 Å². The summed E-state index contributed by atoms with van der Waals surface area (Å²) in [6.07, 6.45) is 11.1. The second kappa shape index (κ2) is 12.8. The predicted molar refractivity (Wildman–Crippen MR) is 138 cm³/mol. The van der Waals surface area contributed by atoms with Crippen LogP contribution in [-0.4, -0.2) is 96.4 Å². The van der Waals surface area contributed by atoms with Gasteiger partial charge in [0.05, 0.1) is 5.02 Å². The zero-order chi connectivity index (χ0) is 24.6. The van der Waals surface area contributed by atoms with Crippen LogP contribution in [0.3, 0.4) is 0 Å². The van der Waals surface area contributed by atoms with Crippen molar-refractivity contribution in [2.24, 2.45) is 0 Å². The number of rotatable bonds is 8. The fraction of sp³-hybridized carbons (Fsp3) is 0.630. The smallest absolute Gasteiger partial charge is 0.246 e. The van der Waals surface area contributed by atoms with Crippen molar-refractivity contribution in [3.8, 4) is 0 Å². The molecule has 192 valence electrons. The topological polar surface area (TPSA) is 47.1 Å². The first kappa shape index (κ1) is 26.1. The van der Waals surface area contributed by atoms with Gasteiger partial charge in [-0.25, -0.2) is 4.39 Å². The molecule has 0 atom stereocenters. The average molecular weight is 505 g/mol. The maximum Gasteiger partial charge on any atom is 0.246 e. The van der Waals surface area contributed by atoms with Gasteiger partial charge >= 0.3 is 0 Å². The van der Waals surface area contributed by atoms with E-state index >= 15 is 0 Å². The lowest BCUT2D eigenvalue weighted by atomic mass is 10.1. The molecule has 0 aromatic heterocycles. The minimum absolute atomic E-state index is 0.0296. The Kier molecular flexibility index (Phi) is 9.58. The Morgan fingerprint density at radius 1 is 1.00 bits per heavy atom. The third-order valence-electron chi connectivity index (χ3n) is 7.66. The number of amides is 2. The highest BCUT2D eigenvalue weighted by atomic mass is 35.5. The third-order valence-corrected chi connectivity index (χ3v) is 7.95. The van der Waals surface area contributed by atoms with Gasteiger partial charge in [0, 0.05) is 70.9 Å². The highest BCUT2D eigenvalue weighted by Gasteiger charge is 2.26. The standard InChI is InChI=1S/C27H38ClFN4O2/c28-24-21-22(7-9-25(24)29)8-10-26(34)33-14-11-27(35)32(19-20-33)13-4-3-12-30-15-17-31(18-16-30)23-5-1-2-6-23/h7-10,21,23H,1-6,11-20H2/b10-8+. The molecule has 3 aliphatic rings. The van der Waals surface area contributed by atoms with Crippen LogP contribution in [0, 0.1) is 5.82 Å². The van der Waals surface area contributed by atoms with Gasteiger partial charge in [0.1, 0.15) is 5.82 Å². The molecule has 0 radical (unpaired) electrons. The Balaban J connectivity index is 1.14. The quantitative estimate of drug-likeness (QED) is 0.398. The van der Waals surface area contributed by atoms with Gasteiger partial charge < -0.3 is 14.7 Å². The van der Waals surface area contributed by atoms with Crippen molar-refractivity contribution in [2.45, 2.75) is 51.0 Å². The fourth-order valence-corrected chi connectivity index (χ4v) is 5.66. The molecule has 2 saturated heterocycles. The van der Waals surface area contributed by atoms with Gasteiger partial charge in [-0.1, -0.05) is 30.5 Å². The molecule has 1 saturated carbocycles. The number of nitrogens with zero attached hydrogens (tertiary/aromatic N) is 4. The molecule has 2 amide bonds. The fourth-order valence-electron chi connectivity index (χ4n) is 5.47. The van der Waals surface area contributed by atoms with E-state index in [0.717, 1.165) is 45.1 Å². The van der Waals surface area contributed by atoms with Gasteiger partial charge in [-0.05, 0) is 56.0 Å². The molecular weight excluding hydrogens is 467 g/mol. The first-order valence-corrected chi connectivity index (χ1v) is 13.5. The van der Waals surface area contributed by atoms with Crippen LogP contribution in [0.4, 0.5) is 4.39 Å². The average Bonchev–Trinajstić information content (AvgIpc) is 3.34. The Labute approximate surface area is 213 Å². The highest BCUT2D eigenvalue weighted by Crippen LogP contribution is 2.24. The van der Waals surface area contributed by atoms with Crippen molar-refractivity contribution in [2.75, 3.05) is 58.9 Å². The molecule has 6 nitrogen and oxygen atoms in total. The van der Waals surface area contributed by atoms with Crippen LogP contribution in [0.15, 0.2) is 24.3 Å². The zero-order valence-corrected chi connectivity index (χ0v) is 21.4. The molecule has 0 bridgehead atoms. The number of unbranched alkanes of at least 4 members (excludes halogenated alkanes) is 1. The number of carbonyl (C=O) groups excluding carboxylic acids is 2. The summed E-state index contributed by atoms with van der Waals surface area (Å²) in [7, 11) is 0. The molecule has 2 aliphatic heterocycles. The molecule has 35 heavy (non-hydrogen) atoms. The lowest BCUT2D eigenvalue weighted by molar-refractivity contribution is -0.130. The monoisotopic (exact) mass is 504 g/mol. The van der Waals surface area contributed by atoms with E-state index in [1.165, 1.54) is 57.0 Å². The van der Waals surface area contributed by atoms with Crippen LogP contribution in [0.1, 0.15) is 50.5 Å². The maximum absolute atomic E-state index is 13.3. The highest BCUT2D eigenvalue weighted by molar-refractivity contribution is 6.30. The molecule has 0 spiro atoms. The number of carbonyl (C=O) groups is 2. The zero-order valence-electron chi connectivity index (χ0n) is 20.6. The Morgan fingerprint density at radius 3 is 2.49 bits per heavy atom. The minimum Gasteiger partial charge on any atom is -0.341 e. The van der Waals surface area contributed by atoms with Crippen molar-refractivity contribution in [1.29, 1.82) is 0 Å². The SMILES string of the molecule is O=C(/C=C/c1ccc(F)c(Cl)c1)N1CCC(=O)N(CCCCN2CCN(C3CCCC3)CC2)CC1. The molecule has 1 aromatic rings. The number of hydrogen-bond acceptors (Lipinski definition) is 4. The lowest BCUT2D eigenvalue weighted by Crippen LogP contribution is -2.49. The van der Waals surface area contributed by atoms with E-state index in [-0.39, 0.29) is 16.8 Å². The van der Waals surface area contributed by atoms with E-state index in [2.05, 4.69) is 9.80 Å². The molecule has 0 unspecified atom stereocenters. The summed E-state index contributed by atoms with van der Waals surface area (Å²) in [5.74, 6) is -0.500. The summed E-state index contributed by atoms with van der Waals surface area (Å²) in [6.45, 7) is 8.10. The van der Waals surface area contributed by atoms with Crippen molar-refractivity contribution in [1.82, 2.24) is 19.6 Å². The molecule has 1 aliphatic carbocycles. The molecule has 3 fully saturated rings. The largest absolute Gasteiger partial charge is 0.341 e. The van der Waals surface area contributed by atoms with Crippen LogP contribution in [-0.2, 0) is 9.59 Å². The van der Waals surface area contributed by atoms with E-state index in [1.807, 2.05) is 4.90 Å². The Hall–Kier alpha value is -1.96. The lowest BCUT2D eigenvalue weighted by Gasteiger charge is -2.38. The second-order valence-corrected chi connectivity index (χ2v) is 10.4. The van der Waals surface area contributed by atoms with Crippen molar-refractivity contribution < 1.29 is 14.0 Å². The maximum atomic E-state index is 13.3. The predicted octanol–water partition coefficient (Wildman–Crippen LogP) is 3.89. The number of benzene rings is 1. The van der Waals surface area contributed by atoms with E-state index in [9.17, 15) is 14.0 Å². The van der Waals surface area contributed by atoms with Crippen LogP contribution < -0.4 is 0 Å². The van der Waals surface area contributed by atoms with Crippen molar-refractivity contribution >= 4 is 29.5 Å². The van der Waals surface area contributed by atoms with Crippen molar-refractivity contribution in [3.05, 3.63) is 40.7 Å². The van der Waals surface area contributed by atoms with Gasteiger partial charge in [-0.15, -0.1) is 0 Å². The van der Waals surface area contributed by atoms with E-state index in [0.29, 0.717) is 31.6 Å². The van der Waals surface area contributed by atoms with E-state index < -0.39 is 5.82 Å². The number of halogens is 2. The van der Waals surface area contributed by atoms with Crippen LogP contribution in [0.25, 0.3) is 6.08 Å². The third kappa shape index (κ3) is 7.51. The minimum atomic E-state index is -0.483. The molecule has 4 rings (SSSR count). The van der Waals surface area contributed by atoms with E-state index in [4.69, 9.17) is 11.6 Å². The van der Waals surface area contributed by atoms with Gasteiger partial charge in [-0.2, -0.15) is 0 Å².